The number of Topliss-reactive ketones (excluding diaryl/α,β-unsaturated/α-hetero) is 1. The van der Waals surface area contributed by atoms with Crippen LogP contribution < -0.4 is 4.74 Å². The van der Waals surface area contributed by atoms with Gasteiger partial charge in [-0.3, -0.25) is 4.79 Å². The van der Waals surface area contributed by atoms with E-state index in [2.05, 4.69) is 4.74 Å². The van der Waals surface area contributed by atoms with E-state index < -0.39 is 47.8 Å². The highest BCUT2D eigenvalue weighted by Gasteiger charge is 2.46. The summed E-state index contributed by atoms with van der Waals surface area (Å²) in [6.45, 7) is 2.77. The maximum absolute atomic E-state index is 14.7. The molecule has 2 aromatic carbocycles. The lowest BCUT2D eigenvalue weighted by atomic mass is 9.93. The highest BCUT2D eigenvalue weighted by molar-refractivity contribution is 5.78. The number of ketones is 1. The van der Waals surface area contributed by atoms with Gasteiger partial charge in [0.25, 0.3) is 6.43 Å². The van der Waals surface area contributed by atoms with E-state index >= 15 is 0 Å². The molecule has 1 saturated heterocycles. The molecule has 0 amide bonds. The fourth-order valence-corrected chi connectivity index (χ4v) is 3.61. The standard InChI is InChI=1S/C23H23F5O3/c1-13-3-5-15(6-4-13)18-10-8-17(12-30-18)23(27,28)31-19-9-7-16(11-14(2)29)21(24)20(19)22(25)26/h3-7,9,17-18,22H,8,10-12H2,1-2H3. The number of hydrogen-bond donors (Lipinski definition) is 0. The van der Waals surface area contributed by atoms with Gasteiger partial charge in [0.05, 0.1) is 24.2 Å². The monoisotopic (exact) mass is 442 g/mol. The fraction of sp³-hybridized carbons (Fsp3) is 0.435. The molecular weight excluding hydrogens is 419 g/mol. The largest absolute Gasteiger partial charge is 0.432 e. The molecular formula is C23H23F5O3. The maximum Gasteiger partial charge on any atom is 0.402 e. The van der Waals surface area contributed by atoms with Crippen LogP contribution in [-0.2, 0) is 16.0 Å². The molecule has 0 spiro atoms. The Labute approximate surface area is 177 Å². The second-order valence-corrected chi connectivity index (χ2v) is 7.80. The Balaban J connectivity index is 1.74. The number of halogens is 5. The van der Waals surface area contributed by atoms with Crippen LogP contribution in [0.15, 0.2) is 36.4 Å². The van der Waals surface area contributed by atoms with Crippen LogP contribution in [-0.4, -0.2) is 18.5 Å². The summed E-state index contributed by atoms with van der Waals surface area (Å²) in [5.74, 6) is -4.16. The van der Waals surface area contributed by atoms with Crippen molar-refractivity contribution in [2.24, 2.45) is 5.92 Å². The number of alkyl halides is 4. The molecule has 3 rings (SSSR count). The van der Waals surface area contributed by atoms with E-state index in [4.69, 9.17) is 4.74 Å². The van der Waals surface area contributed by atoms with Crippen molar-refractivity contribution in [2.75, 3.05) is 6.61 Å². The maximum atomic E-state index is 14.7. The number of rotatable bonds is 7. The number of carbonyl (C=O) groups is 1. The van der Waals surface area contributed by atoms with Gasteiger partial charge in [0.15, 0.2) is 0 Å². The van der Waals surface area contributed by atoms with E-state index in [1.54, 1.807) is 0 Å². The Hall–Kier alpha value is -2.48. The Bertz CT molecular complexity index is 920. The number of carbonyl (C=O) groups excluding carboxylic acids is 1. The summed E-state index contributed by atoms with van der Waals surface area (Å²) in [5.41, 5.74) is 0.373. The van der Waals surface area contributed by atoms with Crippen LogP contribution in [0.1, 0.15) is 54.5 Å². The van der Waals surface area contributed by atoms with E-state index in [1.165, 1.54) is 6.92 Å². The van der Waals surface area contributed by atoms with Crippen LogP contribution in [0.3, 0.4) is 0 Å². The third kappa shape index (κ3) is 5.42. The zero-order valence-corrected chi connectivity index (χ0v) is 17.1. The summed E-state index contributed by atoms with van der Waals surface area (Å²) in [6, 6.07) is 9.41. The van der Waals surface area contributed by atoms with Crippen LogP contribution in [0.5, 0.6) is 5.75 Å². The molecule has 2 aromatic rings. The van der Waals surface area contributed by atoms with Crippen LogP contribution in [0.4, 0.5) is 22.0 Å². The average molecular weight is 442 g/mol. The molecule has 2 atom stereocenters. The van der Waals surface area contributed by atoms with Gasteiger partial charge >= 0.3 is 6.11 Å². The molecule has 0 aromatic heterocycles. The third-order valence-corrected chi connectivity index (χ3v) is 5.32. The molecule has 31 heavy (non-hydrogen) atoms. The summed E-state index contributed by atoms with van der Waals surface area (Å²) in [7, 11) is 0. The van der Waals surface area contributed by atoms with Crippen LogP contribution in [0.2, 0.25) is 0 Å². The van der Waals surface area contributed by atoms with Gasteiger partial charge in [-0.1, -0.05) is 35.9 Å². The Morgan fingerprint density at radius 2 is 1.84 bits per heavy atom. The zero-order valence-electron chi connectivity index (χ0n) is 17.1. The molecule has 0 radical (unpaired) electrons. The van der Waals surface area contributed by atoms with Gasteiger partial charge in [0.1, 0.15) is 17.3 Å². The molecule has 168 valence electrons. The van der Waals surface area contributed by atoms with Crippen molar-refractivity contribution in [3.63, 3.8) is 0 Å². The molecule has 0 N–H and O–H groups in total. The molecule has 1 heterocycles. The van der Waals surface area contributed by atoms with Crippen molar-refractivity contribution in [1.29, 1.82) is 0 Å². The number of aryl methyl sites for hydroxylation is 1. The van der Waals surface area contributed by atoms with Crippen molar-refractivity contribution < 1.29 is 36.2 Å². The van der Waals surface area contributed by atoms with E-state index in [0.29, 0.717) is 6.42 Å². The third-order valence-electron chi connectivity index (χ3n) is 5.32. The minimum absolute atomic E-state index is 0.0421. The van der Waals surface area contributed by atoms with Gasteiger partial charge in [-0.05, 0) is 43.9 Å². The van der Waals surface area contributed by atoms with E-state index in [9.17, 15) is 26.7 Å². The molecule has 8 heteroatoms. The minimum Gasteiger partial charge on any atom is -0.432 e. The smallest absolute Gasteiger partial charge is 0.402 e. The lowest BCUT2D eigenvalue weighted by Gasteiger charge is -2.34. The Morgan fingerprint density at radius 1 is 1.16 bits per heavy atom. The van der Waals surface area contributed by atoms with Crippen LogP contribution in [0, 0.1) is 18.7 Å². The summed E-state index contributed by atoms with van der Waals surface area (Å²) in [4.78, 5) is 11.2. The summed E-state index contributed by atoms with van der Waals surface area (Å²) in [6.07, 6.45) is -7.63. The van der Waals surface area contributed by atoms with Crippen LogP contribution >= 0.6 is 0 Å². The highest BCUT2D eigenvalue weighted by atomic mass is 19.3. The first-order valence-corrected chi connectivity index (χ1v) is 9.92. The van der Waals surface area contributed by atoms with Crippen molar-refractivity contribution in [3.05, 3.63) is 64.5 Å². The lowest BCUT2D eigenvalue weighted by Crippen LogP contribution is -2.40. The summed E-state index contributed by atoms with van der Waals surface area (Å²) < 4.78 is 81.0. The number of benzene rings is 2. The van der Waals surface area contributed by atoms with E-state index in [0.717, 1.165) is 23.3 Å². The molecule has 3 nitrogen and oxygen atoms in total. The summed E-state index contributed by atoms with van der Waals surface area (Å²) in [5, 5.41) is 0. The van der Waals surface area contributed by atoms with Gasteiger partial charge in [0.2, 0.25) is 0 Å². The van der Waals surface area contributed by atoms with E-state index in [-0.39, 0.29) is 24.7 Å². The molecule has 1 aliphatic heterocycles. The first-order chi connectivity index (χ1) is 14.6. The summed E-state index contributed by atoms with van der Waals surface area (Å²) >= 11 is 0. The number of hydrogen-bond acceptors (Lipinski definition) is 3. The number of ether oxygens (including phenoxy) is 2. The highest BCUT2D eigenvalue weighted by Crippen LogP contribution is 2.42. The second-order valence-electron chi connectivity index (χ2n) is 7.80. The molecule has 0 saturated carbocycles. The van der Waals surface area contributed by atoms with Gasteiger partial charge in [0, 0.05) is 6.42 Å². The van der Waals surface area contributed by atoms with Gasteiger partial charge < -0.3 is 9.47 Å². The predicted octanol–water partition coefficient (Wildman–Crippen LogP) is 6.34. The van der Waals surface area contributed by atoms with Crippen molar-refractivity contribution in [2.45, 2.75) is 51.7 Å². The quantitative estimate of drug-likeness (QED) is 0.469. The molecule has 0 bridgehead atoms. The minimum atomic E-state index is -3.84. The molecule has 1 fully saturated rings. The van der Waals surface area contributed by atoms with Gasteiger partial charge in [-0.15, -0.1) is 0 Å². The molecule has 1 aliphatic rings. The lowest BCUT2D eigenvalue weighted by molar-refractivity contribution is -0.242. The van der Waals surface area contributed by atoms with Crippen molar-refractivity contribution >= 4 is 5.78 Å². The Morgan fingerprint density at radius 3 is 2.39 bits per heavy atom. The van der Waals surface area contributed by atoms with Gasteiger partial charge in [-0.25, -0.2) is 13.2 Å². The van der Waals surface area contributed by atoms with Crippen LogP contribution in [0.25, 0.3) is 0 Å². The fourth-order valence-electron chi connectivity index (χ4n) is 3.61. The SMILES string of the molecule is CC(=O)Cc1ccc(OC(F)(F)C2CCC(c3ccc(C)cc3)OC2)c(C(F)F)c1F. The molecule has 0 aliphatic carbocycles. The van der Waals surface area contributed by atoms with Crippen molar-refractivity contribution in [1.82, 2.24) is 0 Å². The zero-order chi connectivity index (χ0) is 22.8. The topological polar surface area (TPSA) is 35.5 Å². The van der Waals surface area contributed by atoms with Crippen molar-refractivity contribution in [3.8, 4) is 5.75 Å². The van der Waals surface area contributed by atoms with E-state index in [1.807, 2.05) is 31.2 Å². The average Bonchev–Trinajstić information content (AvgIpc) is 2.70. The normalized spacial score (nSPS) is 19.5. The molecule has 2 unspecified atom stereocenters. The predicted molar refractivity (Wildman–Crippen MR) is 104 cm³/mol. The Kier molecular flexibility index (Phi) is 6.99. The first kappa shape index (κ1) is 23.2. The van der Waals surface area contributed by atoms with Gasteiger partial charge in [-0.2, -0.15) is 8.78 Å². The first-order valence-electron chi connectivity index (χ1n) is 9.92. The second kappa shape index (κ2) is 9.34.